The summed E-state index contributed by atoms with van der Waals surface area (Å²) in [4.78, 5) is 12.0. The van der Waals surface area contributed by atoms with Crippen LogP contribution in [0.15, 0.2) is 0 Å². The number of carbonyl (C=O) groups is 1. The Kier molecular flexibility index (Phi) is 5.40. The highest BCUT2D eigenvalue weighted by atomic mass is 16.3. The van der Waals surface area contributed by atoms with E-state index < -0.39 is 11.6 Å². The molecule has 0 spiro atoms. The van der Waals surface area contributed by atoms with Crippen molar-refractivity contribution in [3.8, 4) is 0 Å². The molecular formula is C13H26N2O2. The first-order chi connectivity index (χ1) is 7.94. The molecule has 2 unspecified atom stereocenters. The standard InChI is InChI=1S/C13H26N2O2/c1-10(2)8-11(16)9-14-12(17)13(3)6-4-5-7-15-13/h10-11,15-16H,4-9H2,1-3H3,(H,14,17). The van der Waals surface area contributed by atoms with Crippen LogP contribution in [-0.2, 0) is 4.79 Å². The third-order valence-corrected chi connectivity index (χ3v) is 3.36. The van der Waals surface area contributed by atoms with Crippen LogP contribution in [0.25, 0.3) is 0 Å². The monoisotopic (exact) mass is 242 g/mol. The molecule has 1 heterocycles. The molecule has 1 rings (SSSR count). The number of aliphatic hydroxyl groups excluding tert-OH is 1. The Morgan fingerprint density at radius 3 is 2.71 bits per heavy atom. The first-order valence-electron chi connectivity index (χ1n) is 6.65. The lowest BCUT2D eigenvalue weighted by Gasteiger charge is -2.33. The van der Waals surface area contributed by atoms with E-state index in [0.717, 1.165) is 32.2 Å². The van der Waals surface area contributed by atoms with Gasteiger partial charge in [0, 0.05) is 6.54 Å². The van der Waals surface area contributed by atoms with Crippen LogP contribution in [0.4, 0.5) is 0 Å². The second-order valence-electron chi connectivity index (χ2n) is 5.71. The number of piperidine rings is 1. The van der Waals surface area contributed by atoms with E-state index in [2.05, 4.69) is 24.5 Å². The number of carbonyl (C=O) groups excluding carboxylic acids is 1. The number of hydrogen-bond acceptors (Lipinski definition) is 3. The van der Waals surface area contributed by atoms with Gasteiger partial charge in [0.1, 0.15) is 0 Å². The van der Waals surface area contributed by atoms with Crippen molar-refractivity contribution in [1.82, 2.24) is 10.6 Å². The Balaban J connectivity index is 2.33. The zero-order chi connectivity index (χ0) is 12.9. The van der Waals surface area contributed by atoms with Crippen LogP contribution in [0.5, 0.6) is 0 Å². The maximum atomic E-state index is 12.0. The van der Waals surface area contributed by atoms with E-state index in [0.29, 0.717) is 12.5 Å². The molecule has 4 nitrogen and oxygen atoms in total. The topological polar surface area (TPSA) is 61.4 Å². The average molecular weight is 242 g/mol. The van der Waals surface area contributed by atoms with E-state index in [1.165, 1.54) is 0 Å². The molecule has 4 heteroatoms. The molecule has 17 heavy (non-hydrogen) atoms. The summed E-state index contributed by atoms with van der Waals surface area (Å²) < 4.78 is 0. The number of amides is 1. The summed E-state index contributed by atoms with van der Waals surface area (Å²) in [6.45, 7) is 7.33. The van der Waals surface area contributed by atoms with Gasteiger partial charge in [0.25, 0.3) is 0 Å². The fourth-order valence-electron chi connectivity index (χ4n) is 2.28. The molecule has 1 fully saturated rings. The fourth-order valence-corrected chi connectivity index (χ4v) is 2.28. The zero-order valence-corrected chi connectivity index (χ0v) is 11.3. The van der Waals surface area contributed by atoms with Crippen molar-refractivity contribution in [2.45, 2.75) is 58.1 Å². The second kappa shape index (κ2) is 6.36. The van der Waals surface area contributed by atoms with Crippen LogP contribution in [-0.4, -0.2) is 35.7 Å². The van der Waals surface area contributed by atoms with Gasteiger partial charge in [-0.2, -0.15) is 0 Å². The quantitative estimate of drug-likeness (QED) is 0.675. The van der Waals surface area contributed by atoms with Crippen molar-refractivity contribution in [3.63, 3.8) is 0 Å². The van der Waals surface area contributed by atoms with Crippen LogP contribution >= 0.6 is 0 Å². The SMILES string of the molecule is CC(C)CC(O)CNC(=O)C1(C)CCCCN1. The van der Waals surface area contributed by atoms with Crippen LogP contribution in [0.2, 0.25) is 0 Å². The van der Waals surface area contributed by atoms with Crippen molar-refractivity contribution in [2.75, 3.05) is 13.1 Å². The number of nitrogens with one attached hydrogen (secondary N) is 2. The van der Waals surface area contributed by atoms with Gasteiger partial charge < -0.3 is 15.7 Å². The van der Waals surface area contributed by atoms with Gasteiger partial charge >= 0.3 is 0 Å². The number of hydrogen-bond donors (Lipinski definition) is 3. The summed E-state index contributed by atoms with van der Waals surface area (Å²) in [6.07, 6.45) is 3.39. The summed E-state index contributed by atoms with van der Waals surface area (Å²) in [5.41, 5.74) is -0.449. The molecule has 0 aromatic rings. The van der Waals surface area contributed by atoms with Gasteiger partial charge in [-0.25, -0.2) is 0 Å². The Morgan fingerprint density at radius 1 is 1.47 bits per heavy atom. The average Bonchev–Trinajstić information content (AvgIpc) is 2.26. The Hall–Kier alpha value is -0.610. The minimum absolute atomic E-state index is 0.0139. The molecule has 1 amide bonds. The maximum absolute atomic E-state index is 12.0. The normalized spacial score (nSPS) is 26.9. The molecule has 100 valence electrons. The van der Waals surface area contributed by atoms with Crippen LogP contribution in [0.1, 0.15) is 46.5 Å². The number of rotatable bonds is 5. The zero-order valence-electron chi connectivity index (χ0n) is 11.3. The lowest BCUT2D eigenvalue weighted by Crippen LogP contribution is -2.57. The van der Waals surface area contributed by atoms with Crippen LogP contribution in [0, 0.1) is 5.92 Å². The molecule has 0 aromatic carbocycles. The molecule has 0 bridgehead atoms. The highest BCUT2D eigenvalue weighted by Gasteiger charge is 2.34. The largest absolute Gasteiger partial charge is 0.391 e. The van der Waals surface area contributed by atoms with E-state index in [1.54, 1.807) is 0 Å². The van der Waals surface area contributed by atoms with Crippen molar-refractivity contribution in [1.29, 1.82) is 0 Å². The molecule has 0 radical (unpaired) electrons. The Bertz CT molecular complexity index is 248. The minimum atomic E-state index is -0.449. The predicted octanol–water partition coefficient (Wildman–Crippen LogP) is 1.04. The summed E-state index contributed by atoms with van der Waals surface area (Å²) in [7, 11) is 0. The molecule has 3 N–H and O–H groups in total. The van der Waals surface area contributed by atoms with Crippen molar-refractivity contribution >= 4 is 5.91 Å². The van der Waals surface area contributed by atoms with Crippen LogP contribution in [0.3, 0.4) is 0 Å². The number of aliphatic hydroxyl groups is 1. The van der Waals surface area contributed by atoms with Gasteiger partial charge in [0.05, 0.1) is 11.6 Å². The highest BCUT2D eigenvalue weighted by molar-refractivity contribution is 5.85. The molecule has 0 aliphatic carbocycles. The lowest BCUT2D eigenvalue weighted by atomic mass is 9.90. The van der Waals surface area contributed by atoms with E-state index in [-0.39, 0.29) is 5.91 Å². The second-order valence-corrected chi connectivity index (χ2v) is 5.71. The van der Waals surface area contributed by atoms with Gasteiger partial charge in [-0.15, -0.1) is 0 Å². The maximum Gasteiger partial charge on any atom is 0.240 e. The molecule has 1 aliphatic rings. The third-order valence-electron chi connectivity index (χ3n) is 3.36. The fraction of sp³-hybridized carbons (Fsp3) is 0.923. The van der Waals surface area contributed by atoms with Gasteiger partial charge in [0.15, 0.2) is 0 Å². The van der Waals surface area contributed by atoms with Crippen molar-refractivity contribution in [2.24, 2.45) is 5.92 Å². The highest BCUT2D eigenvalue weighted by Crippen LogP contribution is 2.18. The van der Waals surface area contributed by atoms with E-state index in [9.17, 15) is 9.90 Å². The summed E-state index contributed by atoms with van der Waals surface area (Å²) >= 11 is 0. The molecule has 1 saturated heterocycles. The van der Waals surface area contributed by atoms with Gasteiger partial charge in [-0.3, -0.25) is 4.79 Å². The smallest absolute Gasteiger partial charge is 0.240 e. The first kappa shape index (κ1) is 14.5. The van der Waals surface area contributed by atoms with Crippen molar-refractivity contribution in [3.05, 3.63) is 0 Å². The van der Waals surface area contributed by atoms with Crippen molar-refractivity contribution < 1.29 is 9.90 Å². The van der Waals surface area contributed by atoms with Gasteiger partial charge in [-0.05, 0) is 45.1 Å². The summed E-state index contributed by atoms with van der Waals surface area (Å²) in [6, 6.07) is 0. The van der Waals surface area contributed by atoms with E-state index >= 15 is 0 Å². The first-order valence-corrected chi connectivity index (χ1v) is 6.65. The summed E-state index contributed by atoms with van der Waals surface area (Å²) in [5.74, 6) is 0.463. The molecular weight excluding hydrogens is 216 g/mol. The van der Waals surface area contributed by atoms with Crippen LogP contribution < -0.4 is 10.6 Å². The third kappa shape index (κ3) is 4.64. The summed E-state index contributed by atoms with van der Waals surface area (Å²) in [5, 5.41) is 15.8. The molecule has 2 atom stereocenters. The predicted molar refractivity (Wildman–Crippen MR) is 68.7 cm³/mol. The van der Waals surface area contributed by atoms with E-state index in [4.69, 9.17) is 0 Å². The van der Waals surface area contributed by atoms with Gasteiger partial charge in [0.2, 0.25) is 5.91 Å². The van der Waals surface area contributed by atoms with E-state index in [1.807, 2.05) is 6.92 Å². The Morgan fingerprint density at radius 2 is 2.18 bits per heavy atom. The molecule has 0 aromatic heterocycles. The molecule has 0 saturated carbocycles. The molecule has 1 aliphatic heterocycles. The van der Waals surface area contributed by atoms with Gasteiger partial charge in [-0.1, -0.05) is 13.8 Å². The lowest BCUT2D eigenvalue weighted by molar-refractivity contribution is -0.128. The minimum Gasteiger partial charge on any atom is -0.391 e. The Labute approximate surface area is 104 Å².